The fourth-order valence-electron chi connectivity index (χ4n) is 3.42. The third-order valence-corrected chi connectivity index (χ3v) is 4.39. The molecule has 20 heavy (non-hydrogen) atoms. The predicted molar refractivity (Wildman–Crippen MR) is 77.9 cm³/mol. The fraction of sp³-hybridized carbons (Fsp3) is 0.438. The summed E-state index contributed by atoms with van der Waals surface area (Å²) in [4.78, 5) is 18.3. The number of methoxy groups -OCH3 is 1. The minimum Gasteiger partial charge on any atom is -0.496 e. The molecule has 0 radical (unpaired) electrons. The molecule has 1 aromatic heterocycles. The fourth-order valence-corrected chi connectivity index (χ4v) is 3.42. The molecule has 0 spiro atoms. The zero-order chi connectivity index (χ0) is 14.2. The van der Waals surface area contributed by atoms with E-state index in [1.165, 1.54) is 0 Å². The molecule has 2 aromatic rings. The van der Waals surface area contributed by atoms with Gasteiger partial charge < -0.3 is 9.72 Å². The monoisotopic (exact) mass is 270 g/mol. The minimum absolute atomic E-state index is 0.453. The van der Waals surface area contributed by atoms with E-state index in [9.17, 15) is 4.79 Å². The Kier molecular flexibility index (Phi) is 3.11. The standard InChI is InChI=1S/C16H18N2O2/c1-11-9-17-13-6-5-12(15(20-2)14(11)13)16(18-10-19)7-3-4-8-16/h5-6,9,17H,3-4,7-8H2,1-2H3. The largest absolute Gasteiger partial charge is 0.496 e. The molecule has 4 heteroatoms. The van der Waals surface area contributed by atoms with Crippen LogP contribution in [0.4, 0.5) is 0 Å². The van der Waals surface area contributed by atoms with Gasteiger partial charge >= 0.3 is 0 Å². The Hall–Kier alpha value is -2.06. The first kappa shape index (κ1) is 12.9. The number of aromatic amines is 1. The Morgan fingerprint density at radius 2 is 2.10 bits per heavy atom. The average molecular weight is 270 g/mol. The number of isocyanates is 1. The van der Waals surface area contributed by atoms with Crippen LogP contribution in [0.15, 0.2) is 23.3 Å². The smallest absolute Gasteiger partial charge is 0.235 e. The van der Waals surface area contributed by atoms with Crippen molar-refractivity contribution in [2.45, 2.75) is 38.1 Å². The van der Waals surface area contributed by atoms with Crippen molar-refractivity contribution >= 4 is 17.0 Å². The molecule has 1 aromatic carbocycles. The zero-order valence-corrected chi connectivity index (χ0v) is 11.8. The van der Waals surface area contributed by atoms with E-state index in [0.29, 0.717) is 0 Å². The molecule has 1 fully saturated rings. The van der Waals surface area contributed by atoms with Crippen LogP contribution in [0.25, 0.3) is 10.9 Å². The number of hydrogen-bond acceptors (Lipinski definition) is 3. The highest BCUT2D eigenvalue weighted by Crippen LogP contribution is 2.47. The maximum Gasteiger partial charge on any atom is 0.235 e. The molecule has 1 N–H and O–H groups in total. The van der Waals surface area contributed by atoms with E-state index in [0.717, 1.165) is 53.5 Å². The van der Waals surface area contributed by atoms with Gasteiger partial charge in [0.15, 0.2) is 0 Å². The number of fused-ring (bicyclic) bond motifs is 1. The lowest BCUT2D eigenvalue weighted by Gasteiger charge is -2.25. The molecule has 0 aliphatic heterocycles. The second-order valence-electron chi connectivity index (χ2n) is 5.48. The third kappa shape index (κ3) is 1.76. The minimum atomic E-state index is -0.453. The topological polar surface area (TPSA) is 54.4 Å². The van der Waals surface area contributed by atoms with Gasteiger partial charge in [-0.3, -0.25) is 0 Å². The zero-order valence-electron chi connectivity index (χ0n) is 11.8. The van der Waals surface area contributed by atoms with Gasteiger partial charge in [-0.25, -0.2) is 4.79 Å². The van der Waals surface area contributed by atoms with Crippen LogP contribution in [-0.4, -0.2) is 18.2 Å². The second kappa shape index (κ2) is 4.80. The van der Waals surface area contributed by atoms with Crippen molar-refractivity contribution < 1.29 is 9.53 Å². The maximum absolute atomic E-state index is 10.9. The lowest BCUT2D eigenvalue weighted by molar-refractivity contribution is 0.383. The van der Waals surface area contributed by atoms with E-state index in [2.05, 4.69) is 16.9 Å². The number of hydrogen-bond donors (Lipinski definition) is 1. The van der Waals surface area contributed by atoms with E-state index in [-0.39, 0.29) is 0 Å². The SMILES string of the molecule is COc1c(C2(N=C=O)CCCC2)ccc2[nH]cc(C)c12. The molecular formula is C16H18N2O2. The average Bonchev–Trinajstić information content (AvgIpc) is 3.07. The Balaban J connectivity index is 2.29. The van der Waals surface area contributed by atoms with Crippen molar-refractivity contribution in [3.63, 3.8) is 0 Å². The lowest BCUT2D eigenvalue weighted by Crippen LogP contribution is -2.20. The number of H-pyrrole nitrogens is 1. The van der Waals surface area contributed by atoms with Crippen molar-refractivity contribution in [1.29, 1.82) is 0 Å². The Morgan fingerprint density at radius 1 is 1.35 bits per heavy atom. The lowest BCUT2D eigenvalue weighted by atomic mass is 9.87. The highest BCUT2D eigenvalue weighted by molar-refractivity contribution is 5.90. The van der Waals surface area contributed by atoms with Crippen LogP contribution >= 0.6 is 0 Å². The summed E-state index contributed by atoms with van der Waals surface area (Å²) in [6.45, 7) is 2.05. The van der Waals surface area contributed by atoms with Crippen molar-refractivity contribution in [3.05, 3.63) is 29.5 Å². The van der Waals surface area contributed by atoms with E-state index in [1.807, 2.05) is 18.3 Å². The number of rotatable bonds is 3. The number of aryl methyl sites for hydroxylation is 1. The molecule has 1 heterocycles. The molecule has 0 unspecified atom stereocenters. The highest BCUT2D eigenvalue weighted by atomic mass is 16.5. The maximum atomic E-state index is 10.9. The summed E-state index contributed by atoms with van der Waals surface area (Å²) in [5.74, 6) is 0.835. The van der Waals surface area contributed by atoms with Gasteiger partial charge in [-0.15, -0.1) is 0 Å². The number of nitrogens with one attached hydrogen (secondary N) is 1. The number of aromatic nitrogens is 1. The number of ether oxygens (including phenoxy) is 1. The van der Waals surface area contributed by atoms with Crippen molar-refractivity contribution in [1.82, 2.24) is 4.98 Å². The van der Waals surface area contributed by atoms with Gasteiger partial charge in [-0.1, -0.05) is 18.9 Å². The first-order chi connectivity index (χ1) is 9.72. The first-order valence-corrected chi connectivity index (χ1v) is 6.96. The molecule has 0 bridgehead atoms. The molecular weight excluding hydrogens is 252 g/mol. The quantitative estimate of drug-likeness (QED) is 0.684. The van der Waals surface area contributed by atoms with Gasteiger partial charge in [0.05, 0.1) is 7.11 Å². The summed E-state index contributed by atoms with van der Waals surface area (Å²) in [7, 11) is 1.68. The van der Waals surface area contributed by atoms with E-state index in [4.69, 9.17) is 4.74 Å². The van der Waals surface area contributed by atoms with Crippen LogP contribution in [0.3, 0.4) is 0 Å². The van der Waals surface area contributed by atoms with Gasteiger partial charge in [0.25, 0.3) is 0 Å². The van der Waals surface area contributed by atoms with Crippen LogP contribution in [0.5, 0.6) is 5.75 Å². The summed E-state index contributed by atoms with van der Waals surface area (Å²) in [5.41, 5.74) is 2.75. The summed E-state index contributed by atoms with van der Waals surface area (Å²) in [6.07, 6.45) is 7.67. The van der Waals surface area contributed by atoms with Crippen LogP contribution in [0.1, 0.15) is 36.8 Å². The van der Waals surface area contributed by atoms with Crippen LogP contribution in [0.2, 0.25) is 0 Å². The molecule has 3 rings (SSSR count). The molecule has 0 atom stereocenters. The molecule has 1 saturated carbocycles. The molecule has 104 valence electrons. The van der Waals surface area contributed by atoms with E-state index < -0.39 is 5.54 Å². The Bertz CT molecular complexity index is 690. The number of benzene rings is 1. The number of nitrogens with zero attached hydrogens (tertiary/aromatic N) is 1. The van der Waals surface area contributed by atoms with E-state index in [1.54, 1.807) is 13.2 Å². The summed E-state index contributed by atoms with van der Waals surface area (Å²) in [5, 5.41) is 1.08. The van der Waals surface area contributed by atoms with Gasteiger partial charge in [0.1, 0.15) is 11.3 Å². The summed E-state index contributed by atoms with van der Waals surface area (Å²) in [6, 6.07) is 4.07. The van der Waals surface area contributed by atoms with Crippen LogP contribution in [0, 0.1) is 6.92 Å². The van der Waals surface area contributed by atoms with Crippen LogP contribution in [-0.2, 0) is 10.3 Å². The Morgan fingerprint density at radius 3 is 2.75 bits per heavy atom. The highest BCUT2D eigenvalue weighted by Gasteiger charge is 2.38. The molecule has 0 amide bonds. The first-order valence-electron chi connectivity index (χ1n) is 6.96. The predicted octanol–water partition coefficient (Wildman–Crippen LogP) is 3.59. The summed E-state index contributed by atoms with van der Waals surface area (Å²) < 4.78 is 5.67. The summed E-state index contributed by atoms with van der Waals surface area (Å²) >= 11 is 0. The van der Waals surface area contributed by atoms with Gasteiger partial charge in [-0.2, -0.15) is 4.99 Å². The molecule has 0 saturated heterocycles. The third-order valence-electron chi connectivity index (χ3n) is 4.39. The number of carbonyl (C=O) groups excluding carboxylic acids is 1. The van der Waals surface area contributed by atoms with Gasteiger partial charge in [0.2, 0.25) is 6.08 Å². The van der Waals surface area contributed by atoms with Crippen molar-refractivity contribution in [2.75, 3.05) is 7.11 Å². The molecule has 1 aliphatic carbocycles. The van der Waals surface area contributed by atoms with E-state index >= 15 is 0 Å². The van der Waals surface area contributed by atoms with Gasteiger partial charge in [0, 0.05) is 22.7 Å². The normalized spacial score (nSPS) is 17.1. The molecule has 1 aliphatic rings. The second-order valence-corrected chi connectivity index (χ2v) is 5.48. The van der Waals surface area contributed by atoms with Crippen molar-refractivity contribution in [2.24, 2.45) is 4.99 Å². The molecule has 4 nitrogen and oxygen atoms in total. The number of aliphatic imine (C=N–C) groups is 1. The van der Waals surface area contributed by atoms with Crippen LogP contribution < -0.4 is 4.74 Å². The van der Waals surface area contributed by atoms with Gasteiger partial charge in [-0.05, 0) is 31.4 Å². The Labute approximate surface area is 117 Å². The van der Waals surface area contributed by atoms with Crippen molar-refractivity contribution in [3.8, 4) is 5.75 Å².